The third-order valence-electron chi connectivity index (χ3n) is 4.42. The van der Waals surface area contributed by atoms with Crippen LogP contribution in [0.25, 0.3) is 11.1 Å². The Hall–Kier alpha value is -3.87. The zero-order chi connectivity index (χ0) is 20.8. The number of hydrogen-bond acceptors (Lipinski definition) is 5. The summed E-state index contributed by atoms with van der Waals surface area (Å²) in [5.41, 5.74) is 3.28. The molecular formula is C22H21N3O4. The number of ether oxygens (including phenoxy) is 1. The summed E-state index contributed by atoms with van der Waals surface area (Å²) >= 11 is 0. The molecule has 0 aliphatic carbocycles. The van der Waals surface area contributed by atoms with Crippen LogP contribution < -0.4 is 15.4 Å². The van der Waals surface area contributed by atoms with Gasteiger partial charge in [0.1, 0.15) is 11.8 Å². The highest BCUT2D eigenvalue weighted by atomic mass is 16.6. The normalized spacial score (nSPS) is 11.4. The number of nitrogens with one attached hydrogen (secondary N) is 2. The Morgan fingerprint density at radius 3 is 2.28 bits per heavy atom. The van der Waals surface area contributed by atoms with Gasteiger partial charge in [-0.15, -0.1) is 0 Å². The lowest BCUT2D eigenvalue weighted by Crippen LogP contribution is -2.32. The van der Waals surface area contributed by atoms with Gasteiger partial charge in [-0.05, 0) is 36.2 Å². The minimum atomic E-state index is -0.530. The number of carbonyl (C=O) groups excluding carboxylic acids is 1. The number of nitrogens with zero attached hydrogens (tertiary/aromatic N) is 1. The van der Waals surface area contributed by atoms with Crippen molar-refractivity contribution in [1.82, 2.24) is 0 Å². The number of methoxy groups -OCH3 is 1. The summed E-state index contributed by atoms with van der Waals surface area (Å²) in [6.45, 7) is 1.73. The smallest absolute Gasteiger partial charge is 0.273 e. The average molecular weight is 391 g/mol. The number of nitro groups is 1. The summed E-state index contributed by atoms with van der Waals surface area (Å²) in [6, 6.07) is 21.3. The van der Waals surface area contributed by atoms with Crippen molar-refractivity contribution < 1.29 is 14.5 Å². The zero-order valence-corrected chi connectivity index (χ0v) is 16.1. The molecule has 0 saturated carbocycles. The van der Waals surface area contributed by atoms with E-state index in [-0.39, 0.29) is 17.3 Å². The van der Waals surface area contributed by atoms with E-state index in [1.165, 1.54) is 25.3 Å². The molecule has 0 aliphatic heterocycles. The van der Waals surface area contributed by atoms with Gasteiger partial charge < -0.3 is 15.4 Å². The van der Waals surface area contributed by atoms with Crippen LogP contribution in [-0.2, 0) is 4.79 Å². The largest absolute Gasteiger partial charge is 0.494 e. The van der Waals surface area contributed by atoms with Gasteiger partial charge in [0, 0.05) is 11.8 Å². The van der Waals surface area contributed by atoms with E-state index in [1.807, 2.05) is 54.6 Å². The molecule has 0 aliphatic rings. The predicted molar refractivity (Wildman–Crippen MR) is 113 cm³/mol. The predicted octanol–water partition coefficient (Wildman–Crippen LogP) is 4.71. The van der Waals surface area contributed by atoms with E-state index in [0.717, 1.165) is 16.8 Å². The van der Waals surface area contributed by atoms with E-state index in [0.29, 0.717) is 5.69 Å². The molecule has 29 heavy (non-hydrogen) atoms. The number of carbonyl (C=O) groups is 1. The van der Waals surface area contributed by atoms with Crippen molar-refractivity contribution in [3.8, 4) is 16.9 Å². The SMILES string of the molecule is COc1cc([N+](=O)[O-])ccc1NC(=O)[C@H](C)Nc1ccc(-c2ccccc2)cc1. The summed E-state index contributed by atoms with van der Waals surface area (Å²) < 4.78 is 5.15. The molecule has 0 spiro atoms. The minimum Gasteiger partial charge on any atom is -0.494 e. The second-order valence-electron chi connectivity index (χ2n) is 6.44. The first-order chi connectivity index (χ1) is 14.0. The second kappa shape index (κ2) is 8.88. The van der Waals surface area contributed by atoms with E-state index in [2.05, 4.69) is 10.6 Å². The van der Waals surface area contributed by atoms with Crippen molar-refractivity contribution in [2.24, 2.45) is 0 Å². The van der Waals surface area contributed by atoms with E-state index >= 15 is 0 Å². The molecule has 3 rings (SSSR count). The highest BCUT2D eigenvalue weighted by Crippen LogP contribution is 2.29. The molecule has 7 nitrogen and oxygen atoms in total. The summed E-state index contributed by atoms with van der Waals surface area (Å²) in [4.78, 5) is 22.9. The monoisotopic (exact) mass is 391 g/mol. The highest BCUT2D eigenvalue weighted by Gasteiger charge is 2.17. The Morgan fingerprint density at radius 1 is 1.00 bits per heavy atom. The van der Waals surface area contributed by atoms with Crippen LogP contribution in [0.15, 0.2) is 72.8 Å². The van der Waals surface area contributed by atoms with Crippen LogP contribution in [0.4, 0.5) is 17.1 Å². The molecular weight excluding hydrogens is 370 g/mol. The molecule has 0 heterocycles. The number of hydrogen-bond donors (Lipinski definition) is 2. The van der Waals surface area contributed by atoms with Crippen molar-refractivity contribution >= 4 is 23.0 Å². The molecule has 2 N–H and O–H groups in total. The fraction of sp³-hybridized carbons (Fsp3) is 0.136. The number of non-ortho nitro benzene ring substituents is 1. The Balaban J connectivity index is 1.66. The summed E-state index contributed by atoms with van der Waals surface area (Å²) in [5.74, 6) is -0.0590. The first-order valence-corrected chi connectivity index (χ1v) is 9.03. The molecule has 0 unspecified atom stereocenters. The van der Waals surface area contributed by atoms with Crippen molar-refractivity contribution in [2.75, 3.05) is 17.7 Å². The van der Waals surface area contributed by atoms with E-state index in [1.54, 1.807) is 6.92 Å². The Bertz CT molecular complexity index is 1000. The number of benzene rings is 3. The maximum absolute atomic E-state index is 12.5. The van der Waals surface area contributed by atoms with Crippen LogP contribution in [-0.4, -0.2) is 24.0 Å². The van der Waals surface area contributed by atoms with Crippen molar-refractivity contribution in [3.05, 3.63) is 82.9 Å². The maximum atomic E-state index is 12.5. The standard InChI is InChI=1S/C22H21N3O4/c1-15(22(26)24-20-13-12-19(25(27)28)14-21(20)29-2)23-18-10-8-17(9-11-18)16-6-4-3-5-7-16/h3-15,23H,1-2H3,(H,24,26)/t15-/m0/s1. The quantitative estimate of drug-likeness (QED) is 0.449. The second-order valence-corrected chi connectivity index (χ2v) is 6.44. The third kappa shape index (κ3) is 4.90. The van der Waals surface area contributed by atoms with Gasteiger partial charge in [0.2, 0.25) is 5.91 Å². The van der Waals surface area contributed by atoms with Gasteiger partial charge in [-0.2, -0.15) is 0 Å². The Morgan fingerprint density at radius 2 is 1.66 bits per heavy atom. The summed E-state index contributed by atoms with van der Waals surface area (Å²) in [7, 11) is 1.39. The molecule has 0 aromatic heterocycles. The number of nitro benzene ring substituents is 1. The van der Waals surface area contributed by atoms with Gasteiger partial charge in [0.15, 0.2) is 0 Å². The highest BCUT2D eigenvalue weighted by molar-refractivity contribution is 5.97. The lowest BCUT2D eigenvalue weighted by Gasteiger charge is -2.17. The average Bonchev–Trinajstić information content (AvgIpc) is 2.75. The molecule has 3 aromatic rings. The van der Waals surface area contributed by atoms with E-state index in [4.69, 9.17) is 4.74 Å². The molecule has 0 bridgehead atoms. The molecule has 0 fully saturated rings. The van der Waals surface area contributed by atoms with E-state index < -0.39 is 11.0 Å². The number of anilines is 2. The first-order valence-electron chi connectivity index (χ1n) is 9.03. The van der Waals surface area contributed by atoms with Gasteiger partial charge in [-0.3, -0.25) is 14.9 Å². The molecule has 0 radical (unpaired) electrons. The lowest BCUT2D eigenvalue weighted by atomic mass is 10.1. The summed E-state index contributed by atoms with van der Waals surface area (Å²) in [6.07, 6.45) is 0. The van der Waals surface area contributed by atoms with Crippen LogP contribution in [0.2, 0.25) is 0 Å². The molecule has 148 valence electrons. The van der Waals surface area contributed by atoms with Gasteiger partial charge in [-0.25, -0.2) is 0 Å². The minimum absolute atomic E-state index is 0.107. The Kier molecular flexibility index (Phi) is 6.09. The van der Waals surface area contributed by atoms with Gasteiger partial charge in [0.05, 0.1) is 23.8 Å². The fourth-order valence-electron chi connectivity index (χ4n) is 2.84. The fourth-order valence-corrected chi connectivity index (χ4v) is 2.84. The van der Waals surface area contributed by atoms with Crippen LogP contribution in [0.5, 0.6) is 5.75 Å². The molecule has 0 saturated heterocycles. The zero-order valence-electron chi connectivity index (χ0n) is 16.1. The van der Waals surface area contributed by atoms with Crippen LogP contribution in [0.3, 0.4) is 0 Å². The van der Waals surface area contributed by atoms with Crippen molar-refractivity contribution in [3.63, 3.8) is 0 Å². The topological polar surface area (TPSA) is 93.5 Å². The van der Waals surface area contributed by atoms with Gasteiger partial charge in [-0.1, -0.05) is 42.5 Å². The third-order valence-corrected chi connectivity index (χ3v) is 4.42. The van der Waals surface area contributed by atoms with Crippen molar-refractivity contribution in [1.29, 1.82) is 0 Å². The van der Waals surface area contributed by atoms with Crippen molar-refractivity contribution in [2.45, 2.75) is 13.0 Å². The molecule has 1 amide bonds. The Labute approximate surface area is 168 Å². The first kappa shape index (κ1) is 19.9. The van der Waals surface area contributed by atoms with Crippen LogP contribution >= 0.6 is 0 Å². The van der Waals surface area contributed by atoms with E-state index in [9.17, 15) is 14.9 Å². The molecule has 7 heteroatoms. The summed E-state index contributed by atoms with van der Waals surface area (Å²) in [5, 5.41) is 16.8. The molecule has 1 atom stereocenters. The van der Waals surface area contributed by atoms with Gasteiger partial charge in [0.25, 0.3) is 5.69 Å². The van der Waals surface area contributed by atoms with Crippen LogP contribution in [0.1, 0.15) is 6.92 Å². The molecule has 3 aromatic carbocycles. The number of amides is 1. The lowest BCUT2D eigenvalue weighted by molar-refractivity contribution is -0.384. The van der Waals surface area contributed by atoms with Gasteiger partial charge >= 0.3 is 0 Å². The maximum Gasteiger partial charge on any atom is 0.273 e. The number of rotatable bonds is 7. The van der Waals surface area contributed by atoms with Crippen LogP contribution in [0, 0.1) is 10.1 Å².